The van der Waals surface area contributed by atoms with Crippen molar-refractivity contribution in [2.75, 3.05) is 13.1 Å². The fourth-order valence-electron chi connectivity index (χ4n) is 4.22. The topological polar surface area (TPSA) is 58.2 Å². The van der Waals surface area contributed by atoms with E-state index in [2.05, 4.69) is 36.6 Å². The molecule has 0 saturated heterocycles. The van der Waals surface area contributed by atoms with Crippen LogP contribution >= 0.6 is 0 Å². The molecule has 0 saturated carbocycles. The summed E-state index contributed by atoms with van der Waals surface area (Å²) in [4.78, 5) is 23.3. The number of carbonyl (C=O) groups excluding carboxylic acids is 2. The molecule has 34 heavy (non-hydrogen) atoms. The van der Waals surface area contributed by atoms with Gasteiger partial charge in [-0.2, -0.15) is 0 Å². The maximum absolute atomic E-state index is 11.8. The molecule has 0 bridgehead atoms. The summed E-state index contributed by atoms with van der Waals surface area (Å²) in [6.45, 7) is 5.85. The molecule has 0 unspecified atom stereocenters. The normalized spacial score (nSPS) is 11.2. The van der Waals surface area contributed by atoms with Crippen LogP contribution in [0.5, 0.6) is 0 Å². The van der Waals surface area contributed by atoms with Crippen molar-refractivity contribution in [2.24, 2.45) is 0 Å². The minimum Gasteiger partial charge on any atom is -0.338 e. The van der Waals surface area contributed by atoms with Crippen molar-refractivity contribution in [1.29, 1.82) is 0 Å². The first-order valence-corrected chi connectivity index (χ1v) is 14.9. The molecule has 0 aliphatic heterocycles. The Bertz CT molecular complexity index is 476. The van der Waals surface area contributed by atoms with E-state index in [1.165, 1.54) is 83.5 Å². The number of hydrogen-bond acceptors (Lipinski definition) is 2. The molecule has 0 atom stereocenters. The molecule has 0 fully saturated rings. The molecule has 4 heteroatoms. The zero-order valence-corrected chi connectivity index (χ0v) is 22.9. The highest BCUT2D eigenvalue weighted by atomic mass is 16.2. The van der Waals surface area contributed by atoms with E-state index in [1.54, 1.807) is 0 Å². The van der Waals surface area contributed by atoms with E-state index in [9.17, 15) is 9.59 Å². The summed E-state index contributed by atoms with van der Waals surface area (Å²) in [6.07, 6.45) is 30.9. The molecule has 2 amide bonds. The second-order valence-electron chi connectivity index (χ2n) is 9.93. The zero-order chi connectivity index (χ0) is 25.0. The summed E-state index contributed by atoms with van der Waals surface area (Å²) >= 11 is 0. The van der Waals surface area contributed by atoms with Gasteiger partial charge in [-0.05, 0) is 51.4 Å². The van der Waals surface area contributed by atoms with Crippen LogP contribution < -0.4 is 10.6 Å². The first-order valence-electron chi connectivity index (χ1n) is 14.9. The fourth-order valence-corrected chi connectivity index (χ4v) is 4.22. The van der Waals surface area contributed by atoms with Crippen LogP contribution in [-0.4, -0.2) is 24.9 Å². The number of allylic oxidation sites excluding steroid dienone is 2. The quantitative estimate of drug-likeness (QED) is 0.0962. The Morgan fingerprint density at radius 3 is 1.44 bits per heavy atom. The summed E-state index contributed by atoms with van der Waals surface area (Å²) < 4.78 is 0. The molecule has 0 aliphatic rings. The van der Waals surface area contributed by atoms with Crippen LogP contribution in [0.4, 0.5) is 4.79 Å². The van der Waals surface area contributed by atoms with Gasteiger partial charge in [-0.3, -0.25) is 4.79 Å². The van der Waals surface area contributed by atoms with E-state index >= 15 is 0 Å². The average Bonchev–Trinajstić information content (AvgIpc) is 2.83. The Morgan fingerprint density at radius 2 is 0.941 bits per heavy atom. The first kappa shape index (κ1) is 32.7. The Balaban J connectivity index is 3.23. The van der Waals surface area contributed by atoms with Crippen molar-refractivity contribution in [3.8, 4) is 0 Å². The van der Waals surface area contributed by atoms with E-state index < -0.39 is 0 Å². The Morgan fingerprint density at radius 1 is 0.500 bits per heavy atom. The molecule has 0 aromatic heterocycles. The fraction of sp³-hybridized carbons (Fsp3) is 0.867. The van der Waals surface area contributed by atoms with Gasteiger partial charge in [-0.25, -0.2) is 4.79 Å². The smallest absolute Gasteiger partial charge is 0.314 e. The molecular weight excluding hydrogens is 420 g/mol. The summed E-state index contributed by atoms with van der Waals surface area (Å²) in [6, 6.07) is -0.0297. The molecule has 0 aliphatic carbocycles. The highest BCUT2D eigenvalue weighted by molar-refractivity contribution is 5.78. The van der Waals surface area contributed by atoms with E-state index in [-0.39, 0.29) is 6.03 Å². The lowest BCUT2D eigenvalue weighted by Crippen LogP contribution is -2.36. The van der Waals surface area contributed by atoms with Crippen LogP contribution in [-0.2, 0) is 4.79 Å². The molecule has 2 N–H and O–H groups in total. The third-order valence-electron chi connectivity index (χ3n) is 6.42. The third kappa shape index (κ3) is 26.9. The van der Waals surface area contributed by atoms with E-state index in [0.29, 0.717) is 5.78 Å². The number of rotatable bonds is 26. The molecule has 0 heterocycles. The largest absolute Gasteiger partial charge is 0.338 e. The maximum atomic E-state index is 11.8. The first-order chi connectivity index (χ1) is 16.7. The predicted octanol–water partition coefficient (Wildman–Crippen LogP) is 9.03. The lowest BCUT2D eigenvalue weighted by atomic mass is 10.1. The Kier molecular flexibility index (Phi) is 26.8. The minimum atomic E-state index is -0.0297. The Hall–Kier alpha value is -1.32. The van der Waals surface area contributed by atoms with Crippen LogP contribution in [0.15, 0.2) is 12.2 Å². The van der Waals surface area contributed by atoms with E-state index in [0.717, 1.165) is 70.9 Å². The number of carbonyl (C=O) groups is 2. The second kappa shape index (κ2) is 27.9. The van der Waals surface area contributed by atoms with Gasteiger partial charge in [0.05, 0.1) is 0 Å². The average molecular weight is 479 g/mol. The van der Waals surface area contributed by atoms with Gasteiger partial charge in [0.25, 0.3) is 0 Å². The van der Waals surface area contributed by atoms with Gasteiger partial charge in [0.1, 0.15) is 5.78 Å². The van der Waals surface area contributed by atoms with Gasteiger partial charge < -0.3 is 10.6 Å². The second-order valence-corrected chi connectivity index (χ2v) is 9.93. The van der Waals surface area contributed by atoms with Gasteiger partial charge >= 0.3 is 6.03 Å². The minimum absolute atomic E-state index is 0.0297. The number of urea groups is 1. The van der Waals surface area contributed by atoms with Crippen LogP contribution in [0.3, 0.4) is 0 Å². The van der Waals surface area contributed by atoms with Crippen molar-refractivity contribution in [2.45, 2.75) is 155 Å². The van der Waals surface area contributed by atoms with E-state index in [1.807, 2.05) is 0 Å². The van der Waals surface area contributed by atoms with Gasteiger partial charge in [0, 0.05) is 25.9 Å². The number of nitrogens with one attached hydrogen (secondary N) is 2. The lowest BCUT2D eigenvalue weighted by molar-refractivity contribution is -0.119. The molecular formula is C30H58N2O2. The third-order valence-corrected chi connectivity index (χ3v) is 6.42. The number of amides is 2. The number of ketones is 1. The van der Waals surface area contributed by atoms with Crippen molar-refractivity contribution < 1.29 is 9.59 Å². The van der Waals surface area contributed by atoms with E-state index in [4.69, 9.17) is 0 Å². The molecule has 0 rings (SSSR count). The van der Waals surface area contributed by atoms with Crippen LogP contribution in [0.2, 0.25) is 0 Å². The summed E-state index contributed by atoms with van der Waals surface area (Å²) in [5, 5.41) is 5.92. The van der Waals surface area contributed by atoms with Crippen molar-refractivity contribution >= 4 is 11.8 Å². The van der Waals surface area contributed by atoms with Crippen molar-refractivity contribution in [3.05, 3.63) is 12.2 Å². The summed E-state index contributed by atoms with van der Waals surface area (Å²) in [5.74, 6) is 0.405. The Labute approximate surface area is 212 Å². The number of hydrogen-bond donors (Lipinski definition) is 2. The molecule has 0 aromatic carbocycles. The number of unbranched alkanes of at least 4 members (excludes halogenated alkanes) is 16. The highest BCUT2D eigenvalue weighted by Gasteiger charge is 2.01. The van der Waals surface area contributed by atoms with Crippen LogP contribution in [0.1, 0.15) is 155 Å². The molecule has 0 radical (unpaired) electrons. The zero-order valence-electron chi connectivity index (χ0n) is 22.9. The molecule has 200 valence electrons. The van der Waals surface area contributed by atoms with Gasteiger partial charge in [-0.15, -0.1) is 0 Å². The van der Waals surface area contributed by atoms with Crippen molar-refractivity contribution in [3.63, 3.8) is 0 Å². The van der Waals surface area contributed by atoms with Gasteiger partial charge in [0.2, 0.25) is 0 Å². The highest BCUT2D eigenvalue weighted by Crippen LogP contribution is 2.10. The van der Waals surface area contributed by atoms with Crippen LogP contribution in [0, 0.1) is 0 Å². The monoisotopic (exact) mass is 478 g/mol. The van der Waals surface area contributed by atoms with Crippen molar-refractivity contribution in [1.82, 2.24) is 10.6 Å². The van der Waals surface area contributed by atoms with Gasteiger partial charge in [0.15, 0.2) is 0 Å². The standard InChI is InChI=1S/C30H58N2O2/c1-3-5-6-7-8-9-10-11-12-13-14-15-16-17-20-23-27-31-30(34)32-28-24-21-18-19-22-26-29(33)25-4-2/h11-12H,3-10,13-28H2,1-2H3,(H2,31,32,34)/b12-11-. The molecule has 0 spiro atoms. The molecule has 0 aromatic rings. The summed E-state index contributed by atoms with van der Waals surface area (Å²) in [7, 11) is 0. The lowest BCUT2D eigenvalue weighted by Gasteiger charge is -2.07. The molecule has 4 nitrogen and oxygen atoms in total. The summed E-state index contributed by atoms with van der Waals surface area (Å²) in [5.41, 5.74) is 0. The number of Topliss-reactive ketones (excluding diaryl/α,β-unsaturated/α-hetero) is 1. The van der Waals surface area contributed by atoms with Crippen LogP contribution in [0.25, 0.3) is 0 Å². The SMILES string of the molecule is CCCCCCCC/C=C\CCCCCCCCNC(=O)NCCCCCCCC(=O)CCC. The maximum Gasteiger partial charge on any atom is 0.314 e. The van der Waals surface area contributed by atoms with Gasteiger partial charge in [-0.1, -0.05) is 103 Å². The predicted molar refractivity (Wildman–Crippen MR) is 148 cm³/mol.